The Morgan fingerprint density at radius 1 is 1.03 bits per heavy atom. The summed E-state index contributed by atoms with van der Waals surface area (Å²) in [5, 5.41) is 7.00. The Morgan fingerprint density at radius 2 is 1.72 bits per heavy atom. The summed E-state index contributed by atoms with van der Waals surface area (Å²) in [5.41, 5.74) is 2.38. The zero-order valence-corrected chi connectivity index (χ0v) is 17.9. The van der Waals surface area contributed by atoms with Crippen molar-refractivity contribution >= 4 is 5.96 Å². The lowest BCUT2D eigenvalue weighted by Gasteiger charge is -2.35. The summed E-state index contributed by atoms with van der Waals surface area (Å²) in [4.78, 5) is 6.93. The van der Waals surface area contributed by atoms with Crippen molar-refractivity contribution in [2.75, 3.05) is 20.1 Å². The van der Waals surface area contributed by atoms with Gasteiger partial charge in [0.25, 0.3) is 0 Å². The van der Waals surface area contributed by atoms with E-state index >= 15 is 0 Å². The van der Waals surface area contributed by atoms with Crippen LogP contribution in [-0.2, 0) is 13.2 Å². The summed E-state index contributed by atoms with van der Waals surface area (Å²) >= 11 is 0. The summed E-state index contributed by atoms with van der Waals surface area (Å²) in [7, 11) is 1.83. The fraction of sp³-hybridized carbons (Fsp3) is 0.458. The van der Waals surface area contributed by atoms with Crippen molar-refractivity contribution in [3.05, 3.63) is 65.7 Å². The van der Waals surface area contributed by atoms with E-state index in [0.29, 0.717) is 18.7 Å². The lowest BCUT2D eigenvalue weighted by molar-refractivity contribution is 0.167. The molecule has 0 radical (unpaired) electrons. The van der Waals surface area contributed by atoms with E-state index in [4.69, 9.17) is 4.74 Å². The van der Waals surface area contributed by atoms with Gasteiger partial charge in [-0.05, 0) is 49.9 Å². The van der Waals surface area contributed by atoms with Crippen LogP contribution in [0.15, 0.2) is 59.6 Å². The van der Waals surface area contributed by atoms with Gasteiger partial charge in [-0.25, -0.2) is 0 Å². The maximum Gasteiger partial charge on any atom is 0.191 e. The lowest BCUT2D eigenvalue weighted by Crippen LogP contribution is -2.49. The second-order valence-electron chi connectivity index (χ2n) is 7.89. The molecular weight excluding hydrogens is 360 g/mol. The Hall–Kier alpha value is -2.53. The van der Waals surface area contributed by atoms with Crippen molar-refractivity contribution < 1.29 is 4.74 Å². The highest BCUT2D eigenvalue weighted by Crippen LogP contribution is 2.15. The fourth-order valence-corrected chi connectivity index (χ4v) is 3.58. The Balaban J connectivity index is 1.41. The average Bonchev–Trinajstić information content (AvgIpc) is 2.77. The highest BCUT2D eigenvalue weighted by atomic mass is 16.5. The molecule has 1 saturated heterocycles. The van der Waals surface area contributed by atoms with Crippen LogP contribution < -0.4 is 15.4 Å². The van der Waals surface area contributed by atoms with Crippen molar-refractivity contribution in [2.45, 2.75) is 51.9 Å². The zero-order valence-electron chi connectivity index (χ0n) is 17.9. The molecule has 1 fully saturated rings. The summed E-state index contributed by atoms with van der Waals surface area (Å²) in [5.74, 6) is 1.76. The molecule has 5 nitrogen and oxygen atoms in total. The standard InChI is InChI=1S/C24H34N4O/c1-19(2)28-15-13-22(14-16-28)27-24(25-3)26-17-20-9-11-23(12-10-20)29-18-21-7-5-4-6-8-21/h4-12,19,22H,13-18H2,1-3H3,(H2,25,26,27). The Kier molecular flexibility index (Phi) is 7.94. The Labute approximate surface area is 175 Å². The van der Waals surface area contributed by atoms with E-state index in [0.717, 1.165) is 44.2 Å². The second kappa shape index (κ2) is 10.9. The smallest absolute Gasteiger partial charge is 0.191 e. The van der Waals surface area contributed by atoms with Gasteiger partial charge < -0.3 is 20.3 Å². The van der Waals surface area contributed by atoms with E-state index in [2.05, 4.69) is 58.6 Å². The van der Waals surface area contributed by atoms with Gasteiger partial charge in [0.15, 0.2) is 5.96 Å². The van der Waals surface area contributed by atoms with Gasteiger partial charge in [0.05, 0.1) is 0 Å². The molecule has 0 atom stereocenters. The SMILES string of the molecule is CN=C(NCc1ccc(OCc2ccccc2)cc1)NC1CCN(C(C)C)CC1. The van der Waals surface area contributed by atoms with Gasteiger partial charge in [-0.3, -0.25) is 4.99 Å². The van der Waals surface area contributed by atoms with Crippen LogP contribution in [0.3, 0.4) is 0 Å². The largest absolute Gasteiger partial charge is 0.489 e. The number of rotatable bonds is 7. The normalized spacial score (nSPS) is 16.1. The van der Waals surface area contributed by atoms with Gasteiger partial charge in [-0.15, -0.1) is 0 Å². The number of hydrogen-bond acceptors (Lipinski definition) is 3. The number of aliphatic imine (C=N–C) groups is 1. The lowest BCUT2D eigenvalue weighted by atomic mass is 10.0. The molecule has 0 saturated carbocycles. The van der Waals surface area contributed by atoms with E-state index in [1.165, 1.54) is 11.1 Å². The van der Waals surface area contributed by atoms with Gasteiger partial charge in [-0.1, -0.05) is 42.5 Å². The zero-order chi connectivity index (χ0) is 20.5. The molecule has 1 heterocycles. The quantitative estimate of drug-likeness (QED) is 0.554. The minimum absolute atomic E-state index is 0.491. The number of nitrogens with zero attached hydrogens (tertiary/aromatic N) is 2. The monoisotopic (exact) mass is 394 g/mol. The molecule has 0 unspecified atom stereocenters. The van der Waals surface area contributed by atoms with Gasteiger partial charge in [0, 0.05) is 38.8 Å². The van der Waals surface area contributed by atoms with Crippen LogP contribution in [0.2, 0.25) is 0 Å². The molecule has 2 aromatic carbocycles. The molecule has 3 rings (SSSR count). The number of piperidine rings is 1. The Morgan fingerprint density at radius 3 is 2.34 bits per heavy atom. The van der Waals surface area contributed by atoms with Gasteiger partial charge in [0.2, 0.25) is 0 Å². The summed E-state index contributed by atoms with van der Waals surface area (Å²) < 4.78 is 5.86. The minimum Gasteiger partial charge on any atom is -0.489 e. The first-order chi connectivity index (χ1) is 14.1. The van der Waals surface area contributed by atoms with Crippen molar-refractivity contribution in [1.82, 2.24) is 15.5 Å². The molecular formula is C24H34N4O. The molecule has 2 aromatic rings. The molecule has 0 aliphatic carbocycles. The number of ether oxygens (including phenoxy) is 1. The van der Waals surface area contributed by atoms with E-state index in [1.54, 1.807) is 0 Å². The van der Waals surface area contributed by atoms with E-state index in [9.17, 15) is 0 Å². The van der Waals surface area contributed by atoms with Crippen molar-refractivity contribution in [3.63, 3.8) is 0 Å². The van der Waals surface area contributed by atoms with Crippen molar-refractivity contribution in [3.8, 4) is 5.75 Å². The third-order valence-corrected chi connectivity index (χ3v) is 5.46. The fourth-order valence-electron chi connectivity index (χ4n) is 3.58. The van der Waals surface area contributed by atoms with Gasteiger partial charge in [-0.2, -0.15) is 0 Å². The van der Waals surface area contributed by atoms with Crippen LogP contribution in [0.5, 0.6) is 5.75 Å². The minimum atomic E-state index is 0.491. The first kappa shape index (κ1) is 21.2. The summed E-state index contributed by atoms with van der Waals surface area (Å²) in [6, 6.07) is 19.6. The van der Waals surface area contributed by atoms with Crippen molar-refractivity contribution in [1.29, 1.82) is 0 Å². The number of guanidine groups is 1. The van der Waals surface area contributed by atoms with Crippen molar-refractivity contribution in [2.24, 2.45) is 4.99 Å². The molecule has 1 aliphatic rings. The van der Waals surface area contributed by atoms with Crippen LogP contribution in [0.25, 0.3) is 0 Å². The first-order valence-corrected chi connectivity index (χ1v) is 10.6. The molecule has 5 heteroatoms. The summed E-state index contributed by atoms with van der Waals surface area (Å²) in [6.07, 6.45) is 2.32. The molecule has 0 bridgehead atoms. The van der Waals surface area contributed by atoms with E-state index in [-0.39, 0.29) is 0 Å². The maximum atomic E-state index is 5.86. The first-order valence-electron chi connectivity index (χ1n) is 10.6. The topological polar surface area (TPSA) is 48.9 Å². The summed E-state index contributed by atoms with van der Waals surface area (Å²) in [6.45, 7) is 8.17. The van der Waals surface area contributed by atoms with Gasteiger partial charge >= 0.3 is 0 Å². The van der Waals surface area contributed by atoms with Crippen LogP contribution in [-0.4, -0.2) is 43.1 Å². The highest BCUT2D eigenvalue weighted by Gasteiger charge is 2.21. The molecule has 0 amide bonds. The molecule has 29 heavy (non-hydrogen) atoms. The average molecular weight is 395 g/mol. The highest BCUT2D eigenvalue weighted by molar-refractivity contribution is 5.79. The van der Waals surface area contributed by atoms with Gasteiger partial charge in [0.1, 0.15) is 12.4 Å². The predicted octanol–water partition coefficient (Wildman–Crippen LogP) is 3.80. The Bertz CT molecular complexity index is 750. The number of likely N-dealkylation sites (tertiary alicyclic amines) is 1. The number of hydrogen-bond donors (Lipinski definition) is 2. The predicted molar refractivity (Wildman–Crippen MR) is 120 cm³/mol. The molecule has 2 N–H and O–H groups in total. The molecule has 1 aliphatic heterocycles. The third kappa shape index (κ3) is 6.79. The third-order valence-electron chi connectivity index (χ3n) is 5.46. The van der Waals surface area contributed by atoms with E-state index in [1.807, 2.05) is 37.4 Å². The van der Waals surface area contributed by atoms with Crippen LogP contribution in [0.4, 0.5) is 0 Å². The van der Waals surface area contributed by atoms with E-state index < -0.39 is 0 Å². The van der Waals surface area contributed by atoms with Crippen LogP contribution >= 0.6 is 0 Å². The number of benzene rings is 2. The second-order valence-corrected chi connectivity index (χ2v) is 7.89. The molecule has 156 valence electrons. The molecule has 0 spiro atoms. The van der Waals surface area contributed by atoms with Crippen LogP contribution in [0.1, 0.15) is 37.8 Å². The number of nitrogens with one attached hydrogen (secondary N) is 2. The van der Waals surface area contributed by atoms with Crippen LogP contribution in [0, 0.1) is 0 Å². The maximum absolute atomic E-state index is 5.86. The molecule has 0 aromatic heterocycles.